The number of carbonyl (C=O) groups excluding carboxylic acids is 1. The van der Waals surface area contributed by atoms with Crippen LogP contribution in [0, 0.1) is 0 Å². The number of nitrogen functional groups attached to an aromatic ring is 1. The summed E-state index contributed by atoms with van der Waals surface area (Å²) >= 11 is 0. The van der Waals surface area contributed by atoms with E-state index >= 15 is 0 Å². The van der Waals surface area contributed by atoms with Crippen molar-refractivity contribution >= 4 is 19.3 Å². The molecule has 25 heavy (non-hydrogen) atoms. The molecule has 1 aromatic rings. The van der Waals surface area contributed by atoms with Crippen molar-refractivity contribution in [3.8, 4) is 0 Å². The molecular formula is C18H30NO5P. The van der Waals surface area contributed by atoms with Gasteiger partial charge < -0.3 is 19.5 Å². The Morgan fingerprint density at radius 2 is 1.60 bits per heavy atom. The molecule has 7 heteroatoms. The van der Waals surface area contributed by atoms with Crippen LogP contribution in [0.5, 0.6) is 0 Å². The third kappa shape index (κ3) is 8.52. The van der Waals surface area contributed by atoms with E-state index in [1.54, 1.807) is 31.2 Å². The van der Waals surface area contributed by atoms with E-state index in [0.717, 1.165) is 25.7 Å². The molecule has 0 heterocycles. The van der Waals surface area contributed by atoms with Gasteiger partial charge in [-0.1, -0.05) is 26.7 Å². The van der Waals surface area contributed by atoms with Crippen LogP contribution in [0.1, 0.15) is 56.8 Å². The number of unbranched alkanes of at least 4 members (excludes halogenated alkanes) is 2. The van der Waals surface area contributed by atoms with Gasteiger partial charge in [0.05, 0.1) is 24.9 Å². The Kier molecular flexibility index (Phi) is 9.79. The van der Waals surface area contributed by atoms with Crippen LogP contribution in [-0.2, 0) is 18.3 Å². The van der Waals surface area contributed by atoms with Crippen molar-refractivity contribution in [2.24, 2.45) is 0 Å². The average molecular weight is 371 g/mol. The Hall–Kier alpha value is -1.36. The maximum Gasteiger partial charge on any atom is 0.338 e. The zero-order valence-corrected chi connectivity index (χ0v) is 16.3. The Labute approximate surface area is 150 Å². The standard InChI is InChI=1S/C18H30NO5P/c1-4-6-12-22-25(21,23-13-7-5-2)14-15(3)24-18(20)16-8-10-17(19)11-9-16/h8-11,15H,4-7,12-14,19H2,1-3H3. The molecule has 6 nitrogen and oxygen atoms in total. The van der Waals surface area contributed by atoms with Crippen molar-refractivity contribution in [1.82, 2.24) is 0 Å². The first-order valence-corrected chi connectivity index (χ1v) is 10.6. The molecule has 1 unspecified atom stereocenters. The molecule has 0 amide bonds. The number of esters is 1. The third-order valence-electron chi connectivity index (χ3n) is 3.51. The summed E-state index contributed by atoms with van der Waals surface area (Å²) in [5.74, 6) is -0.485. The van der Waals surface area contributed by atoms with Crippen LogP contribution in [0.2, 0.25) is 0 Å². The Morgan fingerprint density at radius 3 is 2.08 bits per heavy atom. The highest BCUT2D eigenvalue weighted by atomic mass is 31.2. The van der Waals surface area contributed by atoms with Gasteiger partial charge in [-0.05, 0) is 44.0 Å². The van der Waals surface area contributed by atoms with Gasteiger partial charge in [-0.3, -0.25) is 4.57 Å². The number of rotatable bonds is 12. The van der Waals surface area contributed by atoms with Gasteiger partial charge >= 0.3 is 13.6 Å². The van der Waals surface area contributed by atoms with Gasteiger partial charge in [0.1, 0.15) is 6.10 Å². The van der Waals surface area contributed by atoms with Gasteiger partial charge in [0.2, 0.25) is 0 Å². The van der Waals surface area contributed by atoms with Crippen LogP contribution < -0.4 is 5.73 Å². The molecule has 0 fully saturated rings. The largest absolute Gasteiger partial charge is 0.458 e. The molecule has 2 N–H and O–H groups in total. The molecule has 1 rings (SSSR count). The molecule has 142 valence electrons. The van der Waals surface area contributed by atoms with Crippen LogP contribution in [0.25, 0.3) is 0 Å². The predicted molar refractivity (Wildman–Crippen MR) is 99.9 cm³/mol. The maximum atomic E-state index is 12.9. The maximum absolute atomic E-state index is 12.9. The monoisotopic (exact) mass is 371 g/mol. The predicted octanol–water partition coefficient (Wildman–Crippen LogP) is 4.64. The number of hydrogen-bond acceptors (Lipinski definition) is 6. The van der Waals surface area contributed by atoms with Crippen molar-refractivity contribution in [2.45, 2.75) is 52.6 Å². The Balaban J connectivity index is 2.62. The molecule has 0 aliphatic rings. The first-order valence-electron chi connectivity index (χ1n) is 8.85. The van der Waals surface area contributed by atoms with Crippen LogP contribution >= 0.6 is 7.60 Å². The number of anilines is 1. The summed E-state index contributed by atoms with van der Waals surface area (Å²) in [5.41, 5.74) is 6.57. The molecule has 0 saturated carbocycles. The highest BCUT2D eigenvalue weighted by Gasteiger charge is 2.29. The van der Waals surface area contributed by atoms with Crippen molar-refractivity contribution in [2.75, 3.05) is 25.1 Å². The fourth-order valence-electron chi connectivity index (χ4n) is 2.06. The third-order valence-corrected chi connectivity index (χ3v) is 5.62. The smallest absolute Gasteiger partial charge is 0.338 e. The van der Waals surface area contributed by atoms with Crippen LogP contribution in [-0.4, -0.2) is 31.4 Å². The topological polar surface area (TPSA) is 87.9 Å². The minimum absolute atomic E-state index is 0.0428. The number of nitrogens with two attached hydrogens (primary N) is 1. The summed E-state index contributed by atoms with van der Waals surface area (Å²) in [6.45, 7) is 6.50. The lowest BCUT2D eigenvalue weighted by Crippen LogP contribution is -2.20. The molecule has 0 saturated heterocycles. The molecule has 0 radical (unpaired) electrons. The minimum Gasteiger partial charge on any atom is -0.458 e. The summed E-state index contributed by atoms with van der Waals surface area (Å²) < 4.78 is 29.3. The molecule has 1 aromatic carbocycles. The van der Waals surface area contributed by atoms with E-state index in [0.29, 0.717) is 24.5 Å². The highest BCUT2D eigenvalue weighted by Crippen LogP contribution is 2.49. The number of ether oxygens (including phenoxy) is 1. The highest BCUT2D eigenvalue weighted by molar-refractivity contribution is 7.53. The molecule has 0 spiro atoms. The molecule has 0 bridgehead atoms. The summed E-state index contributed by atoms with van der Waals surface area (Å²) in [5, 5.41) is 0. The zero-order chi connectivity index (χ0) is 18.7. The molecule has 0 aliphatic heterocycles. The summed E-state index contributed by atoms with van der Waals surface area (Å²) in [6.07, 6.45) is 2.95. The lowest BCUT2D eigenvalue weighted by Gasteiger charge is -2.22. The molecule has 1 atom stereocenters. The number of carbonyl (C=O) groups is 1. The van der Waals surface area contributed by atoms with E-state index in [4.69, 9.17) is 19.5 Å². The first-order chi connectivity index (χ1) is 11.9. The molecule has 0 aromatic heterocycles. The van der Waals surface area contributed by atoms with Gasteiger partial charge in [-0.25, -0.2) is 4.79 Å². The lowest BCUT2D eigenvalue weighted by atomic mass is 10.2. The minimum atomic E-state index is -3.29. The average Bonchev–Trinajstić information content (AvgIpc) is 2.55. The second kappa shape index (κ2) is 11.3. The van der Waals surface area contributed by atoms with Crippen molar-refractivity contribution in [1.29, 1.82) is 0 Å². The van der Waals surface area contributed by atoms with E-state index in [-0.39, 0.29) is 6.16 Å². The lowest BCUT2D eigenvalue weighted by molar-refractivity contribution is 0.0370. The summed E-state index contributed by atoms with van der Waals surface area (Å²) in [4.78, 5) is 12.1. The van der Waals surface area contributed by atoms with E-state index in [1.807, 2.05) is 13.8 Å². The molecule has 0 aliphatic carbocycles. The van der Waals surface area contributed by atoms with Crippen LogP contribution in [0.3, 0.4) is 0 Å². The number of hydrogen-bond donors (Lipinski definition) is 1. The fourth-order valence-corrected chi connectivity index (χ4v) is 3.86. The summed E-state index contributed by atoms with van der Waals surface area (Å²) in [7, 11) is -3.29. The van der Waals surface area contributed by atoms with Crippen molar-refractivity contribution in [3.63, 3.8) is 0 Å². The van der Waals surface area contributed by atoms with Crippen LogP contribution in [0.4, 0.5) is 5.69 Å². The van der Waals surface area contributed by atoms with E-state index < -0.39 is 19.7 Å². The second-order valence-electron chi connectivity index (χ2n) is 6.00. The van der Waals surface area contributed by atoms with Gasteiger partial charge in [-0.15, -0.1) is 0 Å². The van der Waals surface area contributed by atoms with Gasteiger partial charge in [0, 0.05) is 5.69 Å². The first kappa shape index (κ1) is 21.7. The van der Waals surface area contributed by atoms with Gasteiger partial charge in [0.15, 0.2) is 0 Å². The normalized spacial score (nSPS) is 12.8. The van der Waals surface area contributed by atoms with Crippen molar-refractivity contribution < 1.29 is 23.1 Å². The van der Waals surface area contributed by atoms with E-state index in [2.05, 4.69) is 0 Å². The SMILES string of the molecule is CCCCOP(=O)(CC(C)OC(=O)c1ccc(N)cc1)OCCCC. The molecular weight excluding hydrogens is 341 g/mol. The Bertz CT molecular complexity index is 547. The van der Waals surface area contributed by atoms with Crippen molar-refractivity contribution in [3.05, 3.63) is 29.8 Å². The van der Waals surface area contributed by atoms with Gasteiger partial charge in [0.25, 0.3) is 0 Å². The van der Waals surface area contributed by atoms with E-state index in [1.165, 1.54) is 0 Å². The second-order valence-corrected chi connectivity index (χ2v) is 8.11. The van der Waals surface area contributed by atoms with Crippen LogP contribution in [0.15, 0.2) is 24.3 Å². The Morgan fingerprint density at radius 1 is 1.08 bits per heavy atom. The van der Waals surface area contributed by atoms with Gasteiger partial charge in [-0.2, -0.15) is 0 Å². The fraction of sp³-hybridized carbons (Fsp3) is 0.611. The summed E-state index contributed by atoms with van der Waals surface area (Å²) in [6, 6.07) is 6.46. The van der Waals surface area contributed by atoms with E-state index in [9.17, 15) is 9.36 Å². The zero-order valence-electron chi connectivity index (χ0n) is 15.4. The number of benzene rings is 1. The quantitative estimate of drug-likeness (QED) is 0.249.